The number of anilines is 1. The average Bonchev–Trinajstić information content (AvgIpc) is 2.53. The Morgan fingerprint density at radius 2 is 2.04 bits per heavy atom. The Morgan fingerprint density at radius 1 is 1.30 bits per heavy atom. The molecule has 0 fully saturated rings. The van der Waals surface area contributed by atoms with Gasteiger partial charge in [-0.25, -0.2) is 4.98 Å². The van der Waals surface area contributed by atoms with Crippen LogP contribution in [-0.2, 0) is 12.2 Å². The molecule has 124 valence electrons. The minimum absolute atomic E-state index is 0.119. The van der Waals surface area contributed by atoms with Gasteiger partial charge in [0.15, 0.2) is 0 Å². The molecule has 0 aliphatic rings. The van der Waals surface area contributed by atoms with Crippen LogP contribution in [0.15, 0.2) is 35.1 Å². The van der Waals surface area contributed by atoms with Crippen molar-refractivity contribution >= 4 is 17.7 Å². The molecule has 6 heteroatoms. The summed E-state index contributed by atoms with van der Waals surface area (Å²) >= 11 is 1.77. The number of methoxy groups -OCH3 is 1. The molecule has 0 aliphatic carbocycles. The molecule has 2 N–H and O–H groups in total. The largest absolute Gasteiger partial charge is 0.497 e. The van der Waals surface area contributed by atoms with E-state index in [9.17, 15) is 4.79 Å². The third kappa shape index (κ3) is 5.98. The van der Waals surface area contributed by atoms with Gasteiger partial charge in [0.25, 0.3) is 5.56 Å². The van der Waals surface area contributed by atoms with E-state index in [0.29, 0.717) is 17.7 Å². The number of aromatic nitrogens is 2. The summed E-state index contributed by atoms with van der Waals surface area (Å²) in [6.45, 7) is 4.97. The van der Waals surface area contributed by atoms with E-state index in [0.717, 1.165) is 23.6 Å². The normalized spacial score (nSPS) is 10.8. The Hall–Kier alpha value is -1.95. The van der Waals surface area contributed by atoms with Gasteiger partial charge in [0.05, 0.1) is 12.8 Å². The summed E-state index contributed by atoms with van der Waals surface area (Å²) in [6.07, 6.45) is 0.846. The van der Waals surface area contributed by atoms with Crippen LogP contribution in [0.3, 0.4) is 0 Å². The summed E-state index contributed by atoms with van der Waals surface area (Å²) in [7, 11) is 1.66. The van der Waals surface area contributed by atoms with E-state index >= 15 is 0 Å². The van der Waals surface area contributed by atoms with Gasteiger partial charge in [0.1, 0.15) is 5.75 Å². The molecule has 0 saturated heterocycles. The molecule has 0 atom stereocenters. The molecule has 0 unspecified atom stereocenters. The van der Waals surface area contributed by atoms with Crippen molar-refractivity contribution in [3.8, 4) is 5.75 Å². The average molecular weight is 333 g/mol. The molecule has 1 heterocycles. The van der Waals surface area contributed by atoms with Crippen molar-refractivity contribution in [1.29, 1.82) is 0 Å². The number of nitrogens with zero attached hydrogens (tertiary/aromatic N) is 1. The summed E-state index contributed by atoms with van der Waals surface area (Å²) in [5.74, 6) is 2.13. The Kier molecular flexibility index (Phi) is 6.52. The number of H-pyrrole nitrogens is 1. The molecule has 0 saturated carbocycles. The van der Waals surface area contributed by atoms with E-state index in [-0.39, 0.29) is 5.56 Å². The van der Waals surface area contributed by atoms with Gasteiger partial charge in [0.2, 0.25) is 5.95 Å². The molecule has 2 aromatic rings. The highest BCUT2D eigenvalue weighted by Gasteiger charge is 2.03. The van der Waals surface area contributed by atoms with Crippen molar-refractivity contribution in [2.45, 2.75) is 31.3 Å². The van der Waals surface area contributed by atoms with E-state index in [4.69, 9.17) is 4.74 Å². The number of hydrogen-bond donors (Lipinski definition) is 2. The Bertz CT molecular complexity index is 668. The number of hydrogen-bond acceptors (Lipinski definition) is 5. The molecule has 0 bridgehead atoms. The fourth-order valence-electron chi connectivity index (χ4n) is 2.04. The number of benzene rings is 1. The molecule has 0 aliphatic heterocycles. The van der Waals surface area contributed by atoms with Crippen LogP contribution in [0.1, 0.15) is 25.1 Å². The Balaban J connectivity index is 1.90. The molecular weight excluding hydrogens is 310 g/mol. The van der Waals surface area contributed by atoms with Crippen LogP contribution in [0, 0.1) is 0 Å². The zero-order valence-corrected chi connectivity index (χ0v) is 14.6. The highest BCUT2D eigenvalue weighted by molar-refractivity contribution is 7.99. The fourth-order valence-corrected chi connectivity index (χ4v) is 2.69. The van der Waals surface area contributed by atoms with E-state index < -0.39 is 0 Å². The smallest absolute Gasteiger partial charge is 0.252 e. The summed E-state index contributed by atoms with van der Waals surface area (Å²) in [4.78, 5) is 18.9. The van der Waals surface area contributed by atoms with Gasteiger partial charge < -0.3 is 10.1 Å². The molecule has 0 spiro atoms. The van der Waals surface area contributed by atoms with Crippen molar-refractivity contribution in [1.82, 2.24) is 9.97 Å². The quantitative estimate of drug-likeness (QED) is 0.777. The number of ether oxygens (including phenoxy) is 1. The zero-order valence-electron chi connectivity index (χ0n) is 13.8. The van der Waals surface area contributed by atoms with Crippen molar-refractivity contribution < 1.29 is 4.74 Å². The van der Waals surface area contributed by atoms with E-state index in [1.54, 1.807) is 24.9 Å². The lowest BCUT2D eigenvalue weighted by atomic mass is 10.1. The maximum absolute atomic E-state index is 11.7. The van der Waals surface area contributed by atoms with Crippen LogP contribution in [0.25, 0.3) is 0 Å². The fraction of sp³-hybridized carbons (Fsp3) is 0.412. The van der Waals surface area contributed by atoms with Gasteiger partial charge >= 0.3 is 0 Å². The monoisotopic (exact) mass is 333 g/mol. The summed E-state index contributed by atoms with van der Waals surface area (Å²) < 4.78 is 5.14. The van der Waals surface area contributed by atoms with Crippen molar-refractivity contribution in [3.05, 3.63) is 51.9 Å². The van der Waals surface area contributed by atoms with E-state index in [1.165, 1.54) is 5.56 Å². The lowest BCUT2D eigenvalue weighted by molar-refractivity contribution is 0.414. The molecule has 2 rings (SSSR count). The number of thioether (sulfide) groups is 1. The SMILES string of the molecule is COc1ccc(CCNc2nc(CSC(C)C)cc(=O)[nH]2)cc1. The van der Waals surface area contributed by atoms with Crippen LogP contribution < -0.4 is 15.6 Å². The summed E-state index contributed by atoms with van der Waals surface area (Å²) in [5, 5.41) is 3.70. The molecule has 1 aromatic carbocycles. The van der Waals surface area contributed by atoms with Crippen LogP contribution in [0.4, 0.5) is 5.95 Å². The van der Waals surface area contributed by atoms with E-state index in [1.807, 2.05) is 24.3 Å². The molecule has 23 heavy (non-hydrogen) atoms. The van der Waals surface area contributed by atoms with Crippen molar-refractivity contribution in [2.75, 3.05) is 19.0 Å². The predicted molar refractivity (Wildman–Crippen MR) is 96.5 cm³/mol. The summed E-state index contributed by atoms with van der Waals surface area (Å²) in [6, 6.07) is 9.52. The van der Waals surface area contributed by atoms with Gasteiger partial charge in [0, 0.05) is 18.4 Å². The number of aromatic amines is 1. The molecule has 0 amide bonds. The van der Waals surface area contributed by atoms with Gasteiger partial charge in [-0.1, -0.05) is 26.0 Å². The second kappa shape index (κ2) is 8.62. The Morgan fingerprint density at radius 3 is 2.70 bits per heavy atom. The first-order valence-electron chi connectivity index (χ1n) is 7.65. The first-order valence-corrected chi connectivity index (χ1v) is 8.70. The maximum Gasteiger partial charge on any atom is 0.252 e. The van der Waals surface area contributed by atoms with Crippen molar-refractivity contribution in [2.24, 2.45) is 0 Å². The van der Waals surface area contributed by atoms with Gasteiger partial charge in [-0.2, -0.15) is 11.8 Å². The molecular formula is C17H23N3O2S. The van der Waals surface area contributed by atoms with Crippen molar-refractivity contribution in [3.63, 3.8) is 0 Å². The van der Waals surface area contributed by atoms with E-state index in [2.05, 4.69) is 29.1 Å². The minimum atomic E-state index is -0.119. The third-order valence-electron chi connectivity index (χ3n) is 3.22. The van der Waals surface area contributed by atoms with Crippen LogP contribution in [-0.4, -0.2) is 28.9 Å². The minimum Gasteiger partial charge on any atom is -0.497 e. The van der Waals surface area contributed by atoms with Crippen LogP contribution >= 0.6 is 11.8 Å². The van der Waals surface area contributed by atoms with Crippen LogP contribution in [0.2, 0.25) is 0 Å². The highest BCUT2D eigenvalue weighted by Crippen LogP contribution is 2.15. The molecule has 5 nitrogen and oxygen atoms in total. The van der Waals surface area contributed by atoms with Gasteiger partial charge in [-0.15, -0.1) is 0 Å². The second-order valence-corrected chi connectivity index (χ2v) is 7.03. The molecule has 0 radical (unpaired) electrons. The van der Waals surface area contributed by atoms with Gasteiger partial charge in [-0.3, -0.25) is 9.78 Å². The lowest BCUT2D eigenvalue weighted by Gasteiger charge is -2.08. The standard InChI is InChI=1S/C17H23N3O2S/c1-12(2)23-11-14-10-16(21)20-17(19-14)18-9-8-13-4-6-15(22-3)7-5-13/h4-7,10,12H,8-9,11H2,1-3H3,(H2,18,19,20,21). The topological polar surface area (TPSA) is 67.0 Å². The maximum atomic E-state index is 11.7. The molecule has 1 aromatic heterocycles. The summed E-state index contributed by atoms with van der Waals surface area (Å²) in [5.41, 5.74) is 1.89. The zero-order chi connectivity index (χ0) is 16.7. The number of rotatable bonds is 8. The lowest BCUT2D eigenvalue weighted by Crippen LogP contribution is -2.15. The second-order valence-electron chi connectivity index (χ2n) is 5.47. The highest BCUT2D eigenvalue weighted by atomic mass is 32.2. The van der Waals surface area contributed by atoms with Crippen LogP contribution in [0.5, 0.6) is 5.75 Å². The Labute approximate surface area is 140 Å². The van der Waals surface area contributed by atoms with Gasteiger partial charge in [-0.05, 0) is 29.4 Å². The number of nitrogens with one attached hydrogen (secondary N) is 2. The first-order chi connectivity index (χ1) is 11.1. The predicted octanol–water partition coefficient (Wildman–Crippen LogP) is 3.07. The first kappa shape index (κ1) is 17.4. The third-order valence-corrected chi connectivity index (χ3v) is 4.35.